The fraction of sp³-hybridized carbons (Fsp3) is 0.700. The second-order valence-electron chi connectivity index (χ2n) is 3.65. The van der Waals surface area contributed by atoms with Crippen molar-refractivity contribution in [1.82, 2.24) is 9.66 Å². The molecular formula is C10H20N4. The third-order valence-corrected chi connectivity index (χ3v) is 2.43. The Morgan fingerprint density at radius 3 is 2.57 bits per heavy atom. The highest BCUT2D eigenvalue weighted by Crippen LogP contribution is 2.12. The van der Waals surface area contributed by atoms with Crippen LogP contribution in [0.3, 0.4) is 0 Å². The predicted molar refractivity (Wildman–Crippen MR) is 59.3 cm³/mol. The average Bonchev–Trinajstić information content (AvgIpc) is 2.49. The number of unbranched alkanes of at least 4 members (excludes halogenated alkanes) is 4. The van der Waals surface area contributed by atoms with Crippen molar-refractivity contribution in [2.24, 2.45) is 0 Å². The fourth-order valence-electron chi connectivity index (χ4n) is 1.50. The van der Waals surface area contributed by atoms with Gasteiger partial charge in [0.25, 0.3) is 0 Å². The summed E-state index contributed by atoms with van der Waals surface area (Å²) in [6.45, 7) is 2.22. The van der Waals surface area contributed by atoms with E-state index in [0.717, 1.165) is 18.5 Å². The van der Waals surface area contributed by atoms with E-state index in [4.69, 9.17) is 11.6 Å². The summed E-state index contributed by atoms with van der Waals surface area (Å²) >= 11 is 0. The smallest absolute Gasteiger partial charge is 0.145 e. The van der Waals surface area contributed by atoms with Gasteiger partial charge in [-0.3, -0.25) is 0 Å². The lowest BCUT2D eigenvalue weighted by Gasteiger charge is -2.00. The highest BCUT2D eigenvalue weighted by Gasteiger charge is 2.04. The van der Waals surface area contributed by atoms with Gasteiger partial charge in [-0.2, -0.15) is 0 Å². The van der Waals surface area contributed by atoms with E-state index in [1.54, 1.807) is 6.33 Å². The van der Waals surface area contributed by atoms with Crippen molar-refractivity contribution in [3.05, 3.63) is 12.0 Å². The van der Waals surface area contributed by atoms with Crippen LogP contribution in [-0.2, 0) is 6.42 Å². The molecule has 1 aromatic rings. The first-order chi connectivity index (χ1) is 6.75. The molecule has 0 radical (unpaired) electrons. The zero-order valence-electron chi connectivity index (χ0n) is 8.87. The number of anilines is 1. The molecule has 0 atom stereocenters. The first-order valence-corrected chi connectivity index (χ1v) is 5.32. The monoisotopic (exact) mass is 196 g/mol. The number of hydrogen-bond donors (Lipinski definition) is 2. The van der Waals surface area contributed by atoms with Crippen molar-refractivity contribution in [1.29, 1.82) is 0 Å². The molecule has 1 heterocycles. The lowest BCUT2D eigenvalue weighted by atomic mass is 10.1. The van der Waals surface area contributed by atoms with Crippen LogP contribution in [0.5, 0.6) is 0 Å². The first kappa shape index (κ1) is 10.9. The van der Waals surface area contributed by atoms with Crippen LogP contribution in [0.2, 0.25) is 0 Å². The van der Waals surface area contributed by atoms with Gasteiger partial charge in [0, 0.05) is 0 Å². The summed E-state index contributed by atoms with van der Waals surface area (Å²) in [5, 5.41) is 0. The summed E-state index contributed by atoms with van der Waals surface area (Å²) in [5.74, 6) is 6.12. The van der Waals surface area contributed by atoms with E-state index < -0.39 is 0 Å². The van der Waals surface area contributed by atoms with E-state index in [9.17, 15) is 0 Å². The van der Waals surface area contributed by atoms with Gasteiger partial charge >= 0.3 is 0 Å². The van der Waals surface area contributed by atoms with E-state index in [-0.39, 0.29) is 0 Å². The third-order valence-electron chi connectivity index (χ3n) is 2.43. The molecule has 1 aromatic heterocycles. The molecule has 0 aliphatic carbocycles. The van der Waals surface area contributed by atoms with Crippen LogP contribution in [-0.4, -0.2) is 9.66 Å². The summed E-state index contributed by atoms with van der Waals surface area (Å²) in [6.07, 6.45) is 8.82. The summed E-state index contributed by atoms with van der Waals surface area (Å²) in [5.41, 5.74) is 6.65. The van der Waals surface area contributed by atoms with Gasteiger partial charge < -0.3 is 11.6 Å². The number of imidazole rings is 1. The van der Waals surface area contributed by atoms with Gasteiger partial charge in [-0.1, -0.05) is 32.6 Å². The maximum absolute atomic E-state index is 5.72. The zero-order valence-corrected chi connectivity index (χ0v) is 8.87. The molecule has 80 valence electrons. The van der Waals surface area contributed by atoms with Crippen LogP contribution in [0.1, 0.15) is 44.7 Å². The topological polar surface area (TPSA) is 69.9 Å². The average molecular weight is 196 g/mol. The van der Waals surface area contributed by atoms with Crippen molar-refractivity contribution < 1.29 is 0 Å². The zero-order chi connectivity index (χ0) is 10.4. The van der Waals surface area contributed by atoms with Gasteiger partial charge in [0.1, 0.15) is 12.1 Å². The minimum atomic E-state index is 0.598. The Hall–Kier alpha value is -1.19. The maximum atomic E-state index is 5.72. The Kier molecular flexibility index (Phi) is 4.29. The Labute approximate surface area is 85.3 Å². The Morgan fingerprint density at radius 1 is 1.29 bits per heavy atom. The first-order valence-electron chi connectivity index (χ1n) is 5.32. The van der Waals surface area contributed by atoms with Crippen LogP contribution < -0.4 is 11.6 Å². The second-order valence-corrected chi connectivity index (χ2v) is 3.65. The number of aromatic nitrogens is 2. The largest absolute Gasteiger partial charge is 0.382 e. The minimum Gasteiger partial charge on any atom is -0.382 e. The van der Waals surface area contributed by atoms with Crippen LogP contribution in [0.4, 0.5) is 5.82 Å². The van der Waals surface area contributed by atoms with Crippen molar-refractivity contribution in [3.8, 4) is 0 Å². The van der Waals surface area contributed by atoms with E-state index in [0.29, 0.717) is 5.82 Å². The van der Waals surface area contributed by atoms with Crippen LogP contribution in [0.15, 0.2) is 6.33 Å². The predicted octanol–water partition coefficient (Wildman–Crippen LogP) is 1.69. The molecule has 0 bridgehead atoms. The third kappa shape index (κ3) is 2.94. The number of hydrogen-bond acceptors (Lipinski definition) is 3. The molecule has 0 aliphatic heterocycles. The lowest BCUT2D eigenvalue weighted by molar-refractivity contribution is 0.629. The van der Waals surface area contributed by atoms with E-state index in [1.165, 1.54) is 30.4 Å². The molecule has 0 spiro atoms. The Balaban J connectivity index is 2.21. The molecular weight excluding hydrogens is 176 g/mol. The van der Waals surface area contributed by atoms with E-state index in [2.05, 4.69) is 11.9 Å². The molecule has 4 N–H and O–H groups in total. The van der Waals surface area contributed by atoms with E-state index in [1.807, 2.05) is 0 Å². The van der Waals surface area contributed by atoms with Gasteiger partial charge in [-0.25, -0.2) is 9.66 Å². The van der Waals surface area contributed by atoms with Crippen molar-refractivity contribution in [2.45, 2.75) is 45.4 Å². The molecule has 0 aromatic carbocycles. The van der Waals surface area contributed by atoms with E-state index >= 15 is 0 Å². The molecule has 14 heavy (non-hydrogen) atoms. The van der Waals surface area contributed by atoms with Gasteiger partial charge in [-0.15, -0.1) is 0 Å². The normalized spacial score (nSPS) is 10.6. The molecule has 4 nitrogen and oxygen atoms in total. The van der Waals surface area contributed by atoms with Crippen molar-refractivity contribution >= 4 is 5.82 Å². The minimum absolute atomic E-state index is 0.598. The standard InChI is InChI=1S/C10H20N4/c1-2-3-4-5-6-7-9-10(11)14(12)8-13-9/h8H,2-7,11-12H2,1H3. The van der Waals surface area contributed by atoms with Crippen molar-refractivity contribution in [2.75, 3.05) is 11.6 Å². The van der Waals surface area contributed by atoms with Gasteiger partial charge in [0.05, 0.1) is 5.69 Å². The second kappa shape index (κ2) is 5.52. The van der Waals surface area contributed by atoms with Crippen LogP contribution in [0.25, 0.3) is 0 Å². The highest BCUT2D eigenvalue weighted by atomic mass is 15.3. The van der Waals surface area contributed by atoms with Gasteiger partial charge in [0.2, 0.25) is 0 Å². The summed E-state index contributed by atoms with van der Waals surface area (Å²) in [4.78, 5) is 4.15. The molecule has 4 heteroatoms. The lowest BCUT2D eigenvalue weighted by Crippen LogP contribution is -2.10. The molecule has 0 saturated carbocycles. The molecule has 0 amide bonds. The number of nitrogens with two attached hydrogens (primary N) is 2. The summed E-state index contributed by atoms with van der Waals surface area (Å²) < 4.78 is 1.38. The van der Waals surface area contributed by atoms with Crippen LogP contribution >= 0.6 is 0 Å². The quantitative estimate of drug-likeness (QED) is 0.537. The molecule has 0 aliphatic rings. The number of aryl methyl sites for hydroxylation is 1. The SMILES string of the molecule is CCCCCCCc1ncn(N)c1N. The van der Waals surface area contributed by atoms with Gasteiger partial charge in [-0.05, 0) is 12.8 Å². The molecule has 1 rings (SSSR count). The fourth-order valence-corrected chi connectivity index (χ4v) is 1.50. The Bertz CT molecular complexity index is 267. The molecule has 0 fully saturated rings. The van der Waals surface area contributed by atoms with Crippen LogP contribution in [0, 0.1) is 0 Å². The molecule has 0 unspecified atom stereocenters. The number of nitrogen functional groups attached to an aromatic ring is 2. The Morgan fingerprint density at radius 2 is 2.00 bits per heavy atom. The van der Waals surface area contributed by atoms with Crippen molar-refractivity contribution in [3.63, 3.8) is 0 Å². The summed E-state index contributed by atoms with van der Waals surface area (Å²) in [7, 11) is 0. The number of nitrogens with zero attached hydrogens (tertiary/aromatic N) is 2. The maximum Gasteiger partial charge on any atom is 0.145 e. The number of rotatable bonds is 6. The summed E-state index contributed by atoms with van der Waals surface area (Å²) in [6, 6.07) is 0. The highest BCUT2D eigenvalue weighted by molar-refractivity contribution is 5.35. The van der Waals surface area contributed by atoms with Gasteiger partial charge in [0.15, 0.2) is 0 Å². The molecule has 0 saturated heterocycles.